The average molecular weight is 1110 g/mol. The van der Waals surface area contributed by atoms with Gasteiger partial charge >= 0.3 is 0 Å². The minimum atomic E-state index is -4.70. The zero-order valence-corrected chi connectivity index (χ0v) is 45.1. The fourth-order valence-electron chi connectivity index (χ4n) is 12.0. The second-order valence-electron chi connectivity index (χ2n) is 22.2. The van der Waals surface area contributed by atoms with E-state index in [1.165, 1.54) is 15.2 Å². The van der Waals surface area contributed by atoms with Gasteiger partial charge in [0.2, 0.25) is 0 Å². The van der Waals surface area contributed by atoms with Crippen LogP contribution in [0.3, 0.4) is 0 Å². The number of para-hydroxylation sites is 3. The highest BCUT2D eigenvalue weighted by atomic mass is 16.5. The molecule has 6 nitrogen and oxygen atoms in total. The van der Waals surface area contributed by atoms with E-state index in [0.29, 0.717) is 44.6 Å². The molecule has 0 fully saturated rings. The standard InChI is InChI=1S/C78H62N4O2/c1-76(2,3)51-36-39-79-73(44-51)82-68-28-14-12-24-60(68)61-33-32-54(46-69(61)82)83-53-19-16-18-52(45-53)80-47-81-74-55(49-31-35-72-64(40-49)62-25-13-15-29-71(62)84-72)26-17-27-63(74)58-22-10-8-20-56(58)57-21-9-11-23-59(57)65-41-50(43-70(80)75(65)81)48-30-34-66-67(42-48)78(6,7)38-37-77(66,4)5/h8-36,39-46H,37-38H2,1-7H3/i4D3,5D3,6D3,7D3,8D,9D,10D,11D,20D,21D,22D,23D,30D,34D,37D2,38D2,42D. The molecule has 10 aromatic carbocycles. The highest BCUT2D eigenvalue weighted by Gasteiger charge is 2.37. The summed E-state index contributed by atoms with van der Waals surface area (Å²) in [6.07, 6.45) is -4.12. The number of fused-ring (bicyclic) bond motifs is 14. The number of ether oxygens (including phenoxy) is 1. The summed E-state index contributed by atoms with van der Waals surface area (Å²) in [5.74, 6) is 1.15. The van der Waals surface area contributed by atoms with Gasteiger partial charge in [0.05, 0.1) is 48.5 Å². The molecule has 16 rings (SSSR count). The molecule has 1 aliphatic heterocycles. The van der Waals surface area contributed by atoms with E-state index < -0.39 is 156 Å². The Labute approximate surface area is 527 Å². The molecule has 0 saturated carbocycles. The van der Waals surface area contributed by atoms with Gasteiger partial charge in [-0.3, -0.25) is 13.7 Å². The number of hydrogen-bond donors (Lipinski definition) is 0. The summed E-state index contributed by atoms with van der Waals surface area (Å²) < 4.78 is 273. The predicted molar refractivity (Wildman–Crippen MR) is 344 cm³/mol. The third-order valence-corrected chi connectivity index (χ3v) is 16.0. The molecule has 6 heteroatoms. The summed E-state index contributed by atoms with van der Waals surface area (Å²) in [5.41, 5.74) is -12.0. The lowest BCUT2D eigenvalue weighted by atomic mass is 9.63. The Morgan fingerprint density at radius 3 is 2.05 bits per heavy atom. The van der Waals surface area contributed by atoms with Crippen LogP contribution in [0.1, 0.15) is 115 Å². The lowest BCUT2D eigenvalue weighted by Gasteiger charge is -2.42. The maximum Gasteiger partial charge on any atom is 0.269 e. The summed E-state index contributed by atoms with van der Waals surface area (Å²) in [6.45, 7) is -11.3. The predicted octanol–water partition coefficient (Wildman–Crippen LogP) is 20.2. The largest absolute Gasteiger partial charge is 0.458 e. The van der Waals surface area contributed by atoms with Gasteiger partial charge in [-0.25, -0.2) is 4.98 Å². The Morgan fingerprint density at radius 2 is 1.25 bits per heavy atom. The van der Waals surface area contributed by atoms with E-state index in [1.807, 2.05) is 77.4 Å². The van der Waals surface area contributed by atoms with Crippen LogP contribution in [-0.4, -0.2) is 14.1 Å². The molecule has 0 amide bonds. The highest BCUT2D eigenvalue weighted by molar-refractivity contribution is 6.10. The van der Waals surface area contributed by atoms with Crippen molar-refractivity contribution in [1.82, 2.24) is 14.1 Å². The van der Waals surface area contributed by atoms with Crippen LogP contribution in [0.5, 0.6) is 11.5 Å². The second-order valence-corrected chi connectivity index (χ2v) is 22.2. The van der Waals surface area contributed by atoms with Crippen LogP contribution in [0.4, 0.5) is 0 Å². The molecule has 84 heavy (non-hydrogen) atoms. The Morgan fingerprint density at radius 1 is 0.560 bits per heavy atom. The first-order valence-electron chi connectivity index (χ1n) is 40.6. The molecule has 406 valence electrons. The van der Waals surface area contributed by atoms with Crippen molar-refractivity contribution < 1.29 is 50.7 Å². The van der Waals surface area contributed by atoms with Crippen LogP contribution in [0.25, 0.3) is 128 Å². The summed E-state index contributed by atoms with van der Waals surface area (Å²) in [6, 6.07) is 32.7. The van der Waals surface area contributed by atoms with Gasteiger partial charge in [0.15, 0.2) is 0 Å². The smallest absolute Gasteiger partial charge is 0.269 e. The number of aromatic nitrogens is 4. The van der Waals surface area contributed by atoms with Gasteiger partial charge in [0, 0.05) is 55.7 Å². The van der Waals surface area contributed by atoms with E-state index in [9.17, 15) is 20.6 Å². The summed E-state index contributed by atoms with van der Waals surface area (Å²) >= 11 is 0. The van der Waals surface area contributed by atoms with Crippen molar-refractivity contribution in [1.29, 1.82) is 0 Å². The maximum absolute atomic E-state index is 10.5. The highest BCUT2D eigenvalue weighted by Crippen LogP contribution is 2.50. The van der Waals surface area contributed by atoms with Gasteiger partial charge in [-0.2, -0.15) is 0 Å². The second kappa shape index (κ2) is 18.4. The Hall–Kier alpha value is -9.78. The minimum Gasteiger partial charge on any atom is -0.458 e. The van der Waals surface area contributed by atoms with Crippen LogP contribution in [0.2, 0.25) is 0 Å². The summed E-state index contributed by atoms with van der Waals surface area (Å²) in [4.78, 5) is 4.84. The zero-order chi connectivity index (χ0) is 80.0. The first-order valence-corrected chi connectivity index (χ1v) is 27.1. The van der Waals surface area contributed by atoms with E-state index in [0.717, 1.165) is 33.4 Å². The average Bonchev–Trinajstić information content (AvgIpc) is 0.882. The molecule has 1 aliphatic carbocycles. The molecule has 4 aromatic heterocycles. The van der Waals surface area contributed by atoms with E-state index >= 15 is 0 Å². The maximum atomic E-state index is 10.5. The first-order chi connectivity index (χ1) is 51.9. The number of rotatable bonds is 6. The Balaban J connectivity index is 1.07. The normalized spacial score (nSPS) is 20.7. The van der Waals surface area contributed by atoms with Crippen molar-refractivity contribution in [2.24, 2.45) is 0 Å². The number of benzene rings is 10. The fourth-order valence-corrected chi connectivity index (χ4v) is 12.0. The van der Waals surface area contributed by atoms with Crippen molar-refractivity contribution in [2.75, 3.05) is 0 Å². The molecule has 0 spiro atoms. The van der Waals surface area contributed by atoms with Crippen LogP contribution in [0, 0.1) is 6.33 Å². The molecule has 5 heterocycles. The van der Waals surface area contributed by atoms with Crippen molar-refractivity contribution in [3.8, 4) is 84.3 Å². The lowest BCUT2D eigenvalue weighted by molar-refractivity contribution is -0.570. The number of imidazole rings is 1. The number of nitrogens with zero attached hydrogens (tertiary/aromatic N) is 4. The minimum absolute atomic E-state index is 0.0367. The van der Waals surface area contributed by atoms with Gasteiger partial charge in [-0.1, -0.05) is 187 Å². The van der Waals surface area contributed by atoms with Gasteiger partial charge in [-0.15, -0.1) is 0 Å². The lowest BCUT2D eigenvalue weighted by Crippen LogP contribution is -2.33. The van der Waals surface area contributed by atoms with Gasteiger partial charge < -0.3 is 9.15 Å². The van der Waals surface area contributed by atoms with Gasteiger partial charge in [0.1, 0.15) is 28.5 Å². The molecular formula is C78H62N4O2. The van der Waals surface area contributed by atoms with Crippen LogP contribution >= 0.6 is 0 Å². The third-order valence-electron chi connectivity index (χ3n) is 16.0. The van der Waals surface area contributed by atoms with Gasteiger partial charge in [-0.05, 0) is 174 Å². The van der Waals surface area contributed by atoms with E-state index in [2.05, 4.69) is 27.1 Å². The Bertz CT molecular complexity index is 6380. The van der Waals surface area contributed by atoms with Gasteiger partial charge in [0.25, 0.3) is 6.33 Å². The van der Waals surface area contributed by atoms with Crippen molar-refractivity contribution in [2.45, 2.75) is 77.2 Å². The third kappa shape index (κ3) is 7.84. The van der Waals surface area contributed by atoms with Crippen molar-refractivity contribution in [3.05, 3.63) is 247 Å². The monoisotopic (exact) mass is 1110 g/mol. The quantitative estimate of drug-likeness (QED) is 0.123. The summed E-state index contributed by atoms with van der Waals surface area (Å²) in [7, 11) is 0. The summed E-state index contributed by atoms with van der Waals surface area (Å²) in [5, 5.41) is 3.15. The molecular weight excluding hydrogens is 1020 g/mol. The van der Waals surface area contributed by atoms with Crippen LogP contribution in [-0.2, 0) is 16.2 Å². The van der Waals surface area contributed by atoms with E-state index in [1.54, 1.807) is 72.9 Å². The Kier molecular flexibility index (Phi) is 6.44. The van der Waals surface area contributed by atoms with Crippen LogP contribution in [0.15, 0.2) is 229 Å². The topological polar surface area (TPSA) is 49.0 Å². The molecule has 0 bridgehead atoms. The number of pyridine rings is 1. The molecule has 14 aromatic rings. The van der Waals surface area contributed by atoms with E-state index in [-0.39, 0.29) is 50.3 Å². The van der Waals surface area contributed by atoms with E-state index in [4.69, 9.17) is 30.6 Å². The number of hydrogen-bond acceptors (Lipinski definition) is 3. The molecule has 0 atom stereocenters. The zero-order valence-electron chi connectivity index (χ0n) is 72.1. The van der Waals surface area contributed by atoms with Crippen molar-refractivity contribution >= 4 is 54.8 Å². The molecule has 0 unspecified atom stereocenters. The molecule has 2 aliphatic rings. The van der Waals surface area contributed by atoms with Crippen LogP contribution < -0.4 is 9.30 Å². The SMILES string of the molecule is [2H]c1c([2H])c([2H])c2c(c1[2H])-c1cccc(-c3ccc4oc5ccccc5c4c3)c1-[n+]1[c-]n(-c3cccc(Oc4ccc5c6ccccc6n(-c6cc(C(C)(C)C)ccn6)c5c4)c3)c3cc(-c4c([2H])c([2H])c5c(c4[2H])C(C([2H])([2H])[2H])(C([2H])([2H])[2H])C([2H])([2H])C([2H])([2H])C5(C([2H])([2H])[2H])C([2H])([2H])[2H])cc(c31)-c1c([2H])c([2H])c([2H])c([2H])c1-2. The molecule has 0 N–H and O–H groups in total. The fraction of sp³-hybridized carbons (Fsp3) is 0.154. The molecule has 0 saturated heterocycles. The number of furan rings is 1. The first kappa shape index (κ1) is 29.5. The van der Waals surface area contributed by atoms with Crippen molar-refractivity contribution in [3.63, 3.8) is 0 Å². The molecule has 0 radical (unpaired) electrons.